The molecule has 8 heteroatoms. The summed E-state index contributed by atoms with van der Waals surface area (Å²) in [6, 6.07) is 3.67. The molecule has 2 bridgehead atoms. The fourth-order valence-corrected chi connectivity index (χ4v) is 3.05. The van der Waals surface area contributed by atoms with Crippen molar-refractivity contribution in [3.8, 4) is 11.8 Å². The topological polar surface area (TPSA) is 57.5 Å². The number of hydrogen-bond donors (Lipinski definition) is 1. The van der Waals surface area contributed by atoms with Crippen LogP contribution in [0.4, 0.5) is 8.78 Å². The fraction of sp³-hybridized carbons (Fsp3) is 0.562. The Bertz CT molecular complexity index is 576. The Labute approximate surface area is 145 Å². The number of morpholine rings is 2. The van der Waals surface area contributed by atoms with E-state index in [4.69, 9.17) is 14.7 Å². The maximum Gasteiger partial charge on any atom is 0.190 e. The van der Waals surface area contributed by atoms with Crippen molar-refractivity contribution in [3.05, 3.63) is 29.3 Å². The molecule has 3 rings (SSSR count). The van der Waals surface area contributed by atoms with Gasteiger partial charge in [0, 0.05) is 32.7 Å². The molecule has 24 heavy (non-hydrogen) atoms. The first-order chi connectivity index (χ1) is 11.2. The average molecular weight is 360 g/mol. The van der Waals surface area contributed by atoms with E-state index in [1.165, 1.54) is 0 Å². The Morgan fingerprint density at radius 3 is 2.46 bits per heavy atom. The highest BCUT2D eigenvalue weighted by atomic mass is 35.5. The first-order valence-electron chi connectivity index (χ1n) is 7.76. The third-order valence-electron chi connectivity index (χ3n) is 4.05. The highest BCUT2D eigenvalue weighted by molar-refractivity contribution is 5.85. The molecule has 0 spiro atoms. The van der Waals surface area contributed by atoms with Crippen molar-refractivity contribution in [1.82, 2.24) is 10.2 Å². The van der Waals surface area contributed by atoms with Gasteiger partial charge in [-0.1, -0.05) is 0 Å². The van der Waals surface area contributed by atoms with Crippen molar-refractivity contribution >= 4 is 12.4 Å². The molecule has 0 radical (unpaired) electrons. The molecule has 0 saturated carbocycles. The molecule has 2 aliphatic heterocycles. The predicted octanol–water partition coefficient (Wildman–Crippen LogP) is 1.70. The highest BCUT2D eigenvalue weighted by Crippen LogP contribution is 2.23. The van der Waals surface area contributed by atoms with Gasteiger partial charge in [-0.25, -0.2) is 8.78 Å². The number of benzene rings is 1. The lowest BCUT2D eigenvalue weighted by Crippen LogP contribution is -2.58. The summed E-state index contributed by atoms with van der Waals surface area (Å²) in [5.74, 6) is -2.09. The summed E-state index contributed by atoms with van der Waals surface area (Å²) in [6.45, 7) is 4.49. The van der Waals surface area contributed by atoms with Crippen LogP contribution in [0, 0.1) is 23.0 Å². The lowest BCUT2D eigenvalue weighted by molar-refractivity contribution is -0.103. The van der Waals surface area contributed by atoms with Crippen LogP contribution < -0.4 is 10.1 Å². The minimum Gasteiger partial charge on any atom is -0.488 e. The van der Waals surface area contributed by atoms with Crippen LogP contribution >= 0.6 is 12.4 Å². The molecule has 2 atom stereocenters. The number of halogens is 3. The molecular weight excluding hydrogens is 340 g/mol. The third kappa shape index (κ3) is 4.54. The van der Waals surface area contributed by atoms with Gasteiger partial charge in [0.25, 0.3) is 0 Å². The molecule has 2 fully saturated rings. The second kappa shape index (κ2) is 8.58. The van der Waals surface area contributed by atoms with E-state index in [0.717, 1.165) is 44.9 Å². The maximum absolute atomic E-state index is 13.7. The third-order valence-corrected chi connectivity index (χ3v) is 4.05. The zero-order valence-corrected chi connectivity index (χ0v) is 14.0. The zero-order valence-electron chi connectivity index (χ0n) is 13.1. The van der Waals surface area contributed by atoms with Gasteiger partial charge in [0.2, 0.25) is 0 Å². The Kier molecular flexibility index (Phi) is 6.75. The minimum absolute atomic E-state index is 0. The summed E-state index contributed by atoms with van der Waals surface area (Å²) >= 11 is 0. The van der Waals surface area contributed by atoms with Crippen LogP contribution in [0.3, 0.4) is 0 Å². The van der Waals surface area contributed by atoms with Crippen molar-refractivity contribution in [3.63, 3.8) is 0 Å². The van der Waals surface area contributed by atoms with Crippen molar-refractivity contribution in [1.29, 1.82) is 5.26 Å². The highest BCUT2D eigenvalue weighted by Gasteiger charge is 2.30. The van der Waals surface area contributed by atoms with Crippen LogP contribution in [-0.4, -0.2) is 56.4 Å². The molecule has 0 amide bonds. The van der Waals surface area contributed by atoms with E-state index in [0.29, 0.717) is 6.42 Å². The maximum atomic E-state index is 13.7. The molecule has 2 heterocycles. The summed E-state index contributed by atoms with van der Waals surface area (Å²) < 4.78 is 38.4. The predicted molar refractivity (Wildman–Crippen MR) is 86.4 cm³/mol. The van der Waals surface area contributed by atoms with Crippen LogP contribution in [-0.2, 0) is 4.74 Å². The van der Waals surface area contributed by atoms with Gasteiger partial charge in [0.15, 0.2) is 17.4 Å². The molecule has 132 valence electrons. The molecule has 0 aromatic heterocycles. The molecule has 0 aliphatic carbocycles. The lowest BCUT2D eigenvalue weighted by atomic mass is 10.1. The number of rotatable bonds is 5. The second-order valence-corrected chi connectivity index (χ2v) is 5.88. The van der Waals surface area contributed by atoms with Crippen LogP contribution in [0.1, 0.15) is 12.0 Å². The summed E-state index contributed by atoms with van der Waals surface area (Å²) in [4.78, 5) is 2.30. The zero-order chi connectivity index (χ0) is 16.2. The molecule has 2 aliphatic rings. The first-order valence-corrected chi connectivity index (χ1v) is 7.76. The smallest absolute Gasteiger partial charge is 0.190 e. The van der Waals surface area contributed by atoms with Gasteiger partial charge in [0.05, 0.1) is 30.4 Å². The monoisotopic (exact) mass is 359 g/mol. The van der Waals surface area contributed by atoms with E-state index >= 15 is 0 Å². The van der Waals surface area contributed by atoms with E-state index < -0.39 is 17.4 Å². The number of nitrogens with one attached hydrogen (secondary N) is 1. The van der Waals surface area contributed by atoms with Gasteiger partial charge in [-0.3, -0.25) is 4.90 Å². The molecule has 2 unspecified atom stereocenters. The van der Waals surface area contributed by atoms with Crippen molar-refractivity contribution in [2.45, 2.75) is 18.6 Å². The summed E-state index contributed by atoms with van der Waals surface area (Å²) in [5, 5.41) is 12.0. The standard InChI is InChI=1S/C16H19F2N3O2.ClH/c17-14-4-11(6-19)5-15(18)16(14)22-3-1-2-21-9-12-7-20-8-13(10-21)23-12;/h4-5,12-13,20H,1-3,7-10H2;1H. The molecule has 2 saturated heterocycles. The van der Waals surface area contributed by atoms with E-state index in [-0.39, 0.29) is 36.8 Å². The molecular formula is C16H20ClF2N3O2. The number of ether oxygens (including phenoxy) is 2. The summed E-state index contributed by atoms with van der Waals surface area (Å²) in [6.07, 6.45) is 1.11. The van der Waals surface area contributed by atoms with E-state index in [1.807, 2.05) is 0 Å². The number of hydrogen-bond acceptors (Lipinski definition) is 5. The first kappa shape index (κ1) is 18.9. The lowest BCUT2D eigenvalue weighted by Gasteiger charge is -2.41. The largest absolute Gasteiger partial charge is 0.488 e. The minimum atomic E-state index is -0.839. The Hall–Kier alpha value is -1.46. The summed E-state index contributed by atoms with van der Waals surface area (Å²) in [5.41, 5.74) is -0.0548. The summed E-state index contributed by atoms with van der Waals surface area (Å²) in [7, 11) is 0. The van der Waals surface area contributed by atoms with Gasteiger partial charge in [-0.2, -0.15) is 5.26 Å². The van der Waals surface area contributed by atoms with Crippen molar-refractivity contribution in [2.75, 3.05) is 39.3 Å². The second-order valence-electron chi connectivity index (χ2n) is 5.88. The average Bonchev–Trinajstić information content (AvgIpc) is 2.53. The van der Waals surface area contributed by atoms with E-state index in [2.05, 4.69) is 10.2 Å². The molecule has 5 nitrogen and oxygen atoms in total. The van der Waals surface area contributed by atoms with E-state index in [9.17, 15) is 8.78 Å². The number of nitrogens with zero attached hydrogens (tertiary/aromatic N) is 2. The van der Waals surface area contributed by atoms with Crippen LogP contribution in [0.15, 0.2) is 12.1 Å². The Morgan fingerprint density at radius 1 is 1.25 bits per heavy atom. The van der Waals surface area contributed by atoms with Gasteiger partial charge in [-0.15, -0.1) is 12.4 Å². The Morgan fingerprint density at radius 2 is 1.88 bits per heavy atom. The molecule has 1 N–H and O–H groups in total. The van der Waals surface area contributed by atoms with Gasteiger partial charge in [0.1, 0.15) is 0 Å². The molecule has 1 aromatic carbocycles. The van der Waals surface area contributed by atoms with Crippen LogP contribution in [0.2, 0.25) is 0 Å². The number of nitriles is 1. The van der Waals surface area contributed by atoms with Crippen LogP contribution in [0.5, 0.6) is 5.75 Å². The molecule has 1 aromatic rings. The fourth-order valence-electron chi connectivity index (χ4n) is 3.05. The SMILES string of the molecule is Cl.N#Cc1cc(F)c(OCCCN2CC3CNCC(C2)O3)c(F)c1. The van der Waals surface area contributed by atoms with Crippen molar-refractivity contribution in [2.24, 2.45) is 0 Å². The van der Waals surface area contributed by atoms with Crippen LogP contribution in [0.25, 0.3) is 0 Å². The Balaban J connectivity index is 0.00000208. The van der Waals surface area contributed by atoms with E-state index in [1.54, 1.807) is 6.07 Å². The van der Waals surface area contributed by atoms with Gasteiger partial charge >= 0.3 is 0 Å². The van der Waals surface area contributed by atoms with Crippen molar-refractivity contribution < 1.29 is 18.3 Å². The normalized spacial score (nSPS) is 23.2. The van der Waals surface area contributed by atoms with Gasteiger partial charge in [-0.05, 0) is 18.6 Å². The quantitative estimate of drug-likeness (QED) is 0.811. The number of fused-ring (bicyclic) bond motifs is 2. The van der Waals surface area contributed by atoms with Gasteiger partial charge < -0.3 is 14.8 Å².